The van der Waals surface area contributed by atoms with Crippen LogP contribution in [0.2, 0.25) is 0 Å². The first-order valence-corrected chi connectivity index (χ1v) is 7.51. The highest BCUT2D eigenvalue weighted by Crippen LogP contribution is 2.30. The fourth-order valence-corrected chi connectivity index (χ4v) is 2.18. The molecule has 0 saturated heterocycles. The molecule has 1 atom stereocenters. The van der Waals surface area contributed by atoms with Gasteiger partial charge in [0.1, 0.15) is 5.75 Å². The highest BCUT2D eigenvalue weighted by atomic mass is 35.5. The van der Waals surface area contributed by atoms with Crippen LogP contribution < -0.4 is 10.5 Å². The molecule has 2 N–H and O–H groups in total. The molecule has 0 aliphatic carbocycles. The molecule has 0 heterocycles. The van der Waals surface area contributed by atoms with Crippen molar-refractivity contribution in [2.24, 2.45) is 5.73 Å². The Morgan fingerprint density at radius 1 is 1.20 bits per heavy atom. The van der Waals surface area contributed by atoms with Gasteiger partial charge in [-0.25, -0.2) is 0 Å². The lowest BCUT2D eigenvalue weighted by atomic mass is 9.93. The van der Waals surface area contributed by atoms with Crippen molar-refractivity contribution in [1.82, 2.24) is 0 Å². The van der Waals surface area contributed by atoms with Crippen LogP contribution in [0.25, 0.3) is 0 Å². The predicted molar refractivity (Wildman–Crippen MR) is 90.3 cm³/mol. The van der Waals surface area contributed by atoms with Gasteiger partial charge in [-0.2, -0.15) is 0 Å². The lowest BCUT2D eigenvalue weighted by molar-refractivity contribution is 0.312. The zero-order valence-corrected chi connectivity index (χ0v) is 14.3. The third kappa shape index (κ3) is 5.34. The van der Waals surface area contributed by atoms with E-state index in [1.165, 1.54) is 16.7 Å². The molecule has 2 nitrogen and oxygen atoms in total. The molecule has 0 fully saturated rings. The topological polar surface area (TPSA) is 35.2 Å². The van der Waals surface area contributed by atoms with Crippen molar-refractivity contribution in [1.29, 1.82) is 0 Å². The van der Waals surface area contributed by atoms with Gasteiger partial charge in [0.05, 0.1) is 6.61 Å². The summed E-state index contributed by atoms with van der Waals surface area (Å²) in [6.45, 7) is 11.6. The van der Waals surface area contributed by atoms with Crippen LogP contribution in [0.15, 0.2) is 12.1 Å². The number of ether oxygens (including phenoxy) is 1. The minimum absolute atomic E-state index is 0. The van der Waals surface area contributed by atoms with Crippen molar-refractivity contribution < 1.29 is 4.74 Å². The van der Waals surface area contributed by atoms with E-state index in [0.717, 1.165) is 31.6 Å². The van der Waals surface area contributed by atoms with Gasteiger partial charge in [-0.15, -0.1) is 12.4 Å². The van der Waals surface area contributed by atoms with Crippen LogP contribution in [-0.2, 0) is 6.42 Å². The van der Waals surface area contributed by atoms with E-state index in [1.807, 2.05) is 0 Å². The molecule has 3 heteroatoms. The van der Waals surface area contributed by atoms with Crippen LogP contribution in [0.4, 0.5) is 0 Å². The van der Waals surface area contributed by atoms with E-state index in [4.69, 9.17) is 10.5 Å². The molecule has 1 rings (SSSR count). The average molecular weight is 300 g/mol. The molecule has 1 unspecified atom stereocenters. The summed E-state index contributed by atoms with van der Waals surface area (Å²) in [7, 11) is 0. The number of hydrogen-bond donors (Lipinski definition) is 1. The molecule has 0 aliphatic rings. The highest BCUT2D eigenvalue weighted by molar-refractivity contribution is 5.85. The molecule has 0 aliphatic heterocycles. The minimum Gasteiger partial charge on any atom is -0.493 e. The van der Waals surface area contributed by atoms with Gasteiger partial charge in [-0.3, -0.25) is 0 Å². The Hall–Kier alpha value is -0.730. The van der Waals surface area contributed by atoms with Crippen LogP contribution in [0.3, 0.4) is 0 Å². The van der Waals surface area contributed by atoms with Crippen molar-refractivity contribution >= 4 is 12.4 Å². The second kappa shape index (κ2) is 9.25. The molecule has 0 amide bonds. The van der Waals surface area contributed by atoms with Crippen molar-refractivity contribution in [2.75, 3.05) is 6.61 Å². The second-order valence-electron chi connectivity index (χ2n) is 5.69. The van der Waals surface area contributed by atoms with Gasteiger partial charge in [0.15, 0.2) is 0 Å². The monoisotopic (exact) mass is 299 g/mol. The standard InChI is InChI=1S/C17H29NO.ClH/c1-6-8-19-17-9-13(5)14(10-15(18)7-2)11-16(17)12(3)4;/h9,11-12,15H,6-8,10,18H2,1-5H3;1H. The largest absolute Gasteiger partial charge is 0.493 e. The minimum atomic E-state index is 0. The van der Waals surface area contributed by atoms with Crippen LogP contribution in [-0.4, -0.2) is 12.6 Å². The van der Waals surface area contributed by atoms with Crippen LogP contribution >= 0.6 is 12.4 Å². The first-order valence-electron chi connectivity index (χ1n) is 7.51. The third-order valence-corrected chi connectivity index (χ3v) is 3.56. The maximum atomic E-state index is 6.09. The van der Waals surface area contributed by atoms with E-state index in [2.05, 4.69) is 46.8 Å². The Morgan fingerprint density at radius 2 is 1.85 bits per heavy atom. The molecule has 1 aromatic rings. The van der Waals surface area contributed by atoms with Crippen molar-refractivity contribution in [2.45, 2.75) is 65.8 Å². The summed E-state index contributed by atoms with van der Waals surface area (Å²) in [5.74, 6) is 1.52. The van der Waals surface area contributed by atoms with E-state index in [1.54, 1.807) is 0 Å². The summed E-state index contributed by atoms with van der Waals surface area (Å²) in [5.41, 5.74) is 10.0. The summed E-state index contributed by atoms with van der Waals surface area (Å²) in [6, 6.07) is 4.73. The Morgan fingerprint density at radius 3 is 2.35 bits per heavy atom. The van der Waals surface area contributed by atoms with Crippen LogP contribution in [0, 0.1) is 6.92 Å². The normalized spacial score (nSPS) is 12.2. The fraction of sp³-hybridized carbons (Fsp3) is 0.647. The van der Waals surface area contributed by atoms with Crippen LogP contribution in [0.1, 0.15) is 63.1 Å². The third-order valence-electron chi connectivity index (χ3n) is 3.56. The molecule has 0 saturated carbocycles. The molecule has 1 aromatic carbocycles. The maximum Gasteiger partial charge on any atom is 0.123 e. The summed E-state index contributed by atoms with van der Waals surface area (Å²) in [4.78, 5) is 0. The number of benzene rings is 1. The van der Waals surface area contributed by atoms with Gasteiger partial charge in [0.2, 0.25) is 0 Å². The van der Waals surface area contributed by atoms with Crippen LogP contribution in [0.5, 0.6) is 5.75 Å². The van der Waals surface area contributed by atoms with Gasteiger partial charge < -0.3 is 10.5 Å². The first kappa shape index (κ1) is 19.3. The van der Waals surface area contributed by atoms with E-state index >= 15 is 0 Å². The highest BCUT2D eigenvalue weighted by Gasteiger charge is 2.13. The van der Waals surface area contributed by atoms with E-state index < -0.39 is 0 Å². The Bertz CT molecular complexity index is 404. The second-order valence-corrected chi connectivity index (χ2v) is 5.69. The average Bonchev–Trinajstić information content (AvgIpc) is 2.38. The molecule has 20 heavy (non-hydrogen) atoms. The molecule has 116 valence electrons. The van der Waals surface area contributed by atoms with Gasteiger partial charge >= 0.3 is 0 Å². The number of hydrogen-bond acceptors (Lipinski definition) is 2. The summed E-state index contributed by atoms with van der Waals surface area (Å²) >= 11 is 0. The summed E-state index contributed by atoms with van der Waals surface area (Å²) in [6.07, 6.45) is 3.01. The predicted octanol–water partition coefficient (Wildman–Crippen LogP) is 4.61. The number of rotatable bonds is 7. The Kier molecular flexibility index (Phi) is 8.91. The first-order chi connectivity index (χ1) is 8.99. The number of nitrogens with two attached hydrogens (primary N) is 1. The molecule has 0 bridgehead atoms. The van der Waals surface area contributed by atoms with E-state index in [9.17, 15) is 0 Å². The molecule has 0 aromatic heterocycles. The summed E-state index contributed by atoms with van der Waals surface area (Å²) in [5, 5.41) is 0. The van der Waals surface area contributed by atoms with Crippen molar-refractivity contribution in [3.63, 3.8) is 0 Å². The molecular formula is C17H30ClNO. The maximum absolute atomic E-state index is 6.09. The lowest BCUT2D eigenvalue weighted by Crippen LogP contribution is -2.22. The number of halogens is 1. The number of aryl methyl sites for hydroxylation is 1. The van der Waals surface area contributed by atoms with Gasteiger partial charge in [0.25, 0.3) is 0 Å². The van der Waals surface area contributed by atoms with Gasteiger partial charge in [-0.1, -0.05) is 33.8 Å². The van der Waals surface area contributed by atoms with E-state index in [-0.39, 0.29) is 18.4 Å². The van der Waals surface area contributed by atoms with Gasteiger partial charge in [-0.05, 0) is 54.9 Å². The smallest absolute Gasteiger partial charge is 0.123 e. The quantitative estimate of drug-likeness (QED) is 0.798. The van der Waals surface area contributed by atoms with Gasteiger partial charge in [0, 0.05) is 6.04 Å². The fourth-order valence-electron chi connectivity index (χ4n) is 2.18. The lowest BCUT2D eigenvalue weighted by Gasteiger charge is -2.19. The Balaban J connectivity index is 0.00000361. The van der Waals surface area contributed by atoms with Crippen molar-refractivity contribution in [3.05, 3.63) is 28.8 Å². The zero-order chi connectivity index (χ0) is 14.4. The Labute approximate surface area is 130 Å². The van der Waals surface area contributed by atoms with E-state index in [0.29, 0.717) is 5.92 Å². The SMILES string of the molecule is CCCOc1cc(C)c(CC(N)CC)cc1C(C)C.Cl. The summed E-state index contributed by atoms with van der Waals surface area (Å²) < 4.78 is 5.88. The zero-order valence-electron chi connectivity index (χ0n) is 13.5. The molecule has 0 spiro atoms. The molecular weight excluding hydrogens is 270 g/mol. The molecule has 0 radical (unpaired) electrons. The van der Waals surface area contributed by atoms with Crippen molar-refractivity contribution in [3.8, 4) is 5.75 Å².